The first kappa shape index (κ1) is 14.0. The Balaban J connectivity index is 2.00. The van der Waals surface area contributed by atoms with Gasteiger partial charge in [-0.25, -0.2) is 0 Å². The van der Waals surface area contributed by atoms with Gasteiger partial charge < -0.3 is 4.90 Å². The number of carbonyl (C=O) groups is 1. The zero-order chi connectivity index (χ0) is 15.0. The van der Waals surface area contributed by atoms with E-state index < -0.39 is 0 Å². The predicted octanol–water partition coefficient (Wildman–Crippen LogP) is 3.79. The standard InChI is InChI=1S/C16H13ClN2OS/c1-11-13(17)8-5-9-14(11)19-15(20)10-18(16(19)21)12-6-3-2-4-7-12/h2-9H,10H2,1H3. The zero-order valence-electron chi connectivity index (χ0n) is 11.4. The van der Waals surface area contributed by atoms with Crippen LogP contribution in [0.25, 0.3) is 0 Å². The molecule has 0 unspecified atom stereocenters. The summed E-state index contributed by atoms with van der Waals surface area (Å²) in [5, 5.41) is 1.11. The molecule has 1 amide bonds. The number of hydrogen-bond donors (Lipinski definition) is 0. The van der Waals surface area contributed by atoms with Crippen LogP contribution in [-0.2, 0) is 4.79 Å². The number of carbonyl (C=O) groups excluding carboxylic acids is 1. The Hall–Kier alpha value is -1.91. The number of nitrogens with zero attached hydrogens (tertiary/aromatic N) is 2. The quantitative estimate of drug-likeness (QED) is 0.788. The lowest BCUT2D eigenvalue weighted by Gasteiger charge is -2.22. The Bertz CT molecular complexity index is 717. The maximum atomic E-state index is 12.4. The second-order valence-corrected chi connectivity index (χ2v) is 5.59. The van der Waals surface area contributed by atoms with E-state index in [1.807, 2.05) is 54.3 Å². The highest BCUT2D eigenvalue weighted by Gasteiger charge is 2.35. The Morgan fingerprint density at radius 3 is 2.52 bits per heavy atom. The molecular weight excluding hydrogens is 304 g/mol. The van der Waals surface area contributed by atoms with Crippen LogP contribution in [0.5, 0.6) is 0 Å². The fourth-order valence-electron chi connectivity index (χ4n) is 2.39. The molecule has 1 saturated heterocycles. The summed E-state index contributed by atoms with van der Waals surface area (Å²) < 4.78 is 0. The van der Waals surface area contributed by atoms with Crippen LogP contribution in [-0.4, -0.2) is 17.6 Å². The van der Waals surface area contributed by atoms with E-state index in [-0.39, 0.29) is 12.5 Å². The molecule has 106 valence electrons. The Kier molecular flexibility index (Phi) is 3.66. The van der Waals surface area contributed by atoms with Crippen molar-refractivity contribution in [2.75, 3.05) is 16.3 Å². The highest BCUT2D eigenvalue weighted by molar-refractivity contribution is 7.81. The lowest BCUT2D eigenvalue weighted by Crippen LogP contribution is -2.33. The highest BCUT2D eigenvalue weighted by atomic mass is 35.5. The molecule has 3 rings (SSSR count). The minimum Gasteiger partial charge on any atom is -0.309 e. The Labute approximate surface area is 133 Å². The largest absolute Gasteiger partial charge is 0.309 e. The molecule has 2 aromatic carbocycles. The normalized spacial score (nSPS) is 15.0. The fourth-order valence-corrected chi connectivity index (χ4v) is 2.93. The molecule has 0 aromatic heterocycles. The molecule has 0 spiro atoms. The average molecular weight is 317 g/mol. The second kappa shape index (κ2) is 5.47. The van der Waals surface area contributed by atoms with Crippen molar-refractivity contribution in [2.45, 2.75) is 6.92 Å². The summed E-state index contributed by atoms with van der Waals surface area (Å²) in [7, 11) is 0. The number of benzene rings is 2. The maximum Gasteiger partial charge on any atom is 0.253 e. The molecule has 0 aliphatic carbocycles. The van der Waals surface area contributed by atoms with Gasteiger partial charge in [0.1, 0.15) is 6.54 Å². The van der Waals surface area contributed by atoms with Crippen molar-refractivity contribution in [3.05, 3.63) is 59.1 Å². The second-order valence-electron chi connectivity index (χ2n) is 4.82. The molecule has 1 aliphatic rings. The fraction of sp³-hybridized carbons (Fsp3) is 0.125. The first-order chi connectivity index (χ1) is 10.1. The van der Waals surface area contributed by atoms with E-state index >= 15 is 0 Å². The molecule has 0 N–H and O–H groups in total. The maximum absolute atomic E-state index is 12.4. The van der Waals surface area contributed by atoms with Gasteiger partial charge >= 0.3 is 0 Å². The van der Waals surface area contributed by atoms with Gasteiger partial charge in [-0.15, -0.1) is 0 Å². The van der Waals surface area contributed by atoms with Crippen LogP contribution in [0.3, 0.4) is 0 Å². The molecule has 0 bridgehead atoms. The minimum atomic E-state index is -0.0470. The molecule has 1 aliphatic heterocycles. The number of amides is 1. The van der Waals surface area contributed by atoms with Gasteiger partial charge in [-0.2, -0.15) is 0 Å². The Morgan fingerprint density at radius 1 is 1.10 bits per heavy atom. The third kappa shape index (κ3) is 2.41. The van der Waals surface area contributed by atoms with Gasteiger partial charge in [0.05, 0.1) is 5.69 Å². The predicted molar refractivity (Wildman–Crippen MR) is 90.1 cm³/mol. The smallest absolute Gasteiger partial charge is 0.253 e. The molecule has 0 radical (unpaired) electrons. The summed E-state index contributed by atoms with van der Waals surface area (Å²) >= 11 is 11.6. The van der Waals surface area contributed by atoms with E-state index in [0.717, 1.165) is 16.9 Å². The summed E-state index contributed by atoms with van der Waals surface area (Å²) in [4.78, 5) is 15.8. The average Bonchev–Trinajstić information content (AvgIpc) is 2.78. The van der Waals surface area contributed by atoms with Gasteiger partial charge in [0.2, 0.25) is 0 Å². The van der Waals surface area contributed by atoms with E-state index in [2.05, 4.69) is 0 Å². The van der Waals surface area contributed by atoms with Crippen molar-refractivity contribution in [3.63, 3.8) is 0 Å². The highest BCUT2D eigenvalue weighted by Crippen LogP contribution is 2.31. The van der Waals surface area contributed by atoms with Crippen molar-refractivity contribution in [1.82, 2.24) is 0 Å². The molecule has 0 atom stereocenters. The van der Waals surface area contributed by atoms with Crippen LogP contribution in [0.1, 0.15) is 5.56 Å². The summed E-state index contributed by atoms with van der Waals surface area (Å²) in [6.45, 7) is 2.13. The van der Waals surface area contributed by atoms with Crippen LogP contribution in [0, 0.1) is 6.92 Å². The van der Waals surface area contributed by atoms with Gasteiger partial charge in [0.15, 0.2) is 5.11 Å². The summed E-state index contributed by atoms with van der Waals surface area (Å²) in [5.74, 6) is -0.0470. The number of hydrogen-bond acceptors (Lipinski definition) is 2. The minimum absolute atomic E-state index is 0.0470. The molecule has 3 nitrogen and oxygen atoms in total. The first-order valence-corrected chi connectivity index (χ1v) is 7.33. The lowest BCUT2D eigenvalue weighted by atomic mass is 10.2. The van der Waals surface area contributed by atoms with Crippen molar-refractivity contribution in [2.24, 2.45) is 0 Å². The first-order valence-electron chi connectivity index (χ1n) is 6.54. The van der Waals surface area contributed by atoms with Crippen LogP contribution < -0.4 is 9.80 Å². The van der Waals surface area contributed by atoms with E-state index in [1.165, 1.54) is 0 Å². The monoisotopic (exact) mass is 316 g/mol. The Morgan fingerprint density at radius 2 is 1.81 bits per heavy atom. The summed E-state index contributed by atoms with van der Waals surface area (Å²) in [5.41, 5.74) is 2.51. The molecule has 2 aromatic rings. The topological polar surface area (TPSA) is 23.6 Å². The number of para-hydroxylation sites is 1. The summed E-state index contributed by atoms with van der Waals surface area (Å²) in [6, 6.07) is 15.2. The van der Waals surface area contributed by atoms with Gasteiger partial charge in [-0.3, -0.25) is 9.69 Å². The van der Waals surface area contributed by atoms with Gasteiger partial charge in [0, 0.05) is 10.7 Å². The van der Waals surface area contributed by atoms with Gasteiger partial charge in [-0.05, 0) is 49.0 Å². The SMILES string of the molecule is Cc1c(Cl)cccc1N1C(=O)CN(c2ccccc2)C1=S. The number of thiocarbonyl (C=S) groups is 1. The van der Waals surface area contributed by atoms with Crippen molar-refractivity contribution < 1.29 is 4.79 Å². The van der Waals surface area contributed by atoms with Crippen LogP contribution >= 0.6 is 23.8 Å². The molecule has 1 fully saturated rings. The molecule has 1 heterocycles. The van der Waals surface area contributed by atoms with Gasteiger partial charge in [0.25, 0.3) is 5.91 Å². The van der Waals surface area contributed by atoms with Gasteiger partial charge in [-0.1, -0.05) is 35.9 Å². The van der Waals surface area contributed by atoms with E-state index in [4.69, 9.17) is 23.8 Å². The van der Waals surface area contributed by atoms with E-state index in [1.54, 1.807) is 11.0 Å². The van der Waals surface area contributed by atoms with Crippen molar-refractivity contribution in [1.29, 1.82) is 0 Å². The zero-order valence-corrected chi connectivity index (χ0v) is 13.0. The van der Waals surface area contributed by atoms with Crippen LogP contribution in [0.4, 0.5) is 11.4 Å². The van der Waals surface area contributed by atoms with Crippen LogP contribution in [0.15, 0.2) is 48.5 Å². The van der Waals surface area contributed by atoms with E-state index in [9.17, 15) is 4.79 Å². The van der Waals surface area contributed by atoms with Crippen molar-refractivity contribution in [3.8, 4) is 0 Å². The number of anilines is 2. The molecule has 5 heteroatoms. The summed E-state index contributed by atoms with van der Waals surface area (Å²) in [6.07, 6.45) is 0. The molecular formula is C16H13ClN2OS. The molecule has 21 heavy (non-hydrogen) atoms. The molecule has 0 saturated carbocycles. The number of halogens is 1. The van der Waals surface area contributed by atoms with Crippen molar-refractivity contribution >= 4 is 46.2 Å². The lowest BCUT2D eigenvalue weighted by molar-refractivity contribution is -0.115. The third-order valence-electron chi connectivity index (χ3n) is 3.51. The number of rotatable bonds is 2. The van der Waals surface area contributed by atoms with E-state index in [0.29, 0.717) is 10.1 Å². The third-order valence-corrected chi connectivity index (χ3v) is 4.33. The van der Waals surface area contributed by atoms with Crippen LogP contribution in [0.2, 0.25) is 5.02 Å².